The molecule has 16 heavy (non-hydrogen) atoms. The number of nitrogens with zero attached hydrogens (tertiary/aromatic N) is 2. The van der Waals surface area contributed by atoms with Gasteiger partial charge in [-0.2, -0.15) is 0 Å². The Morgan fingerprint density at radius 1 is 1.62 bits per heavy atom. The summed E-state index contributed by atoms with van der Waals surface area (Å²) < 4.78 is 0.877. The maximum absolute atomic E-state index is 11.1. The molecule has 0 aliphatic carbocycles. The number of thioether (sulfide) groups is 1. The number of hydrogen-bond acceptors (Lipinski definition) is 6. The molecular weight excluding hydrogens is 244 g/mol. The van der Waals surface area contributed by atoms with Gasteiger partial charge in [-0.3, -0.25) is 4.79 Å². The molecule has 0 saturated carbocycles. The van der Waals surface area contributed by atoms with Gasteiger partial charge in [-0.15, -0.1) is 10.2 Å². The smallest absolute Gasteiger partial charge is 0.235 e. The van der Waals surface area contributed by atoms with Crippen LogP contribution in [0.25, 0.3) is 0 Å². The molecule has 0 aliphatic rings. The number of carbonyl (C=O) groups is 1. The molecule has 7 heteroatoms. The summed E-state index contributed by atoms with van der Waals surface area (Å²) >= 11 is 3.04. The Morgan fingerprint density at radius 2 is 2.38 bits per heavy atom. The van der Waals surface area contributed by atoms with Crippen molar-refractivity contribution in [3.8, 4) is 0 Å². The minimum atomic E-state index is -0.317. The highest BCUT2D eigenvalue weighted by atomic mass is 32.2. The highest BCUT2D eigenvalue weighted by Crippen LogP contribution is 2.22. The molecule has 0 fully saturated rings. The fourth-order valence-electron chi connectivity index (χ4n) is 1.05. The van der Waals surface area contributed by atoms with Gasteiger partial charge >= 0.3 is 0 Å². The van der Waals surface area contributed by atoms with Gasteiger partial charge in [-0.1, -0.05) is 30.0 Å². The topological polar surface area (TPSA) is 80.9 Å². The van der Waals surface area contributed by atoms with Crippen LogP contribution in [-0.2, 0) is 4.79 Å². The number of nitrogens with one attached hydrogen (secondary N) is 1. The molecule has 3 N–H and O–H groups in total. The zero-order chi connectivity index (χ0) is 12.0. The maximum atomic E-state index is 11.1. The van der Waals surface area contributed by atoms with Gasteiger partial charge in [0, 0.05) is 5.75 Å². The molecule has 0 aromatic carbocycles. The lowest BCUT2D eigenvalue weighted by molar-refractivity contribution is -0.119. The SMILES string of the molecule is CCCNC(CSc1nnc(C)s1)C(N)=O. The Bertz CT molecular complexity index is 342. The molecule has 0 radical (unpaired) electrons. The predicted molar refractivity (Wildman–Crippen MR) is 66.6 cm³/mol. The molecule has 5 nitrogen and oxygen atoms in total. The number of carbonyl (C=O) groups excluding carboxylic acids is 1. The van der Waals surface area contributed by atoms with Crippen LogP contribution in [0.1, 0.15) is 18.4 Å². The van der Waals surface area contributed by atoms with Crippen molar-refractivity contribution in [2.45, 2.75) is 30.6 Å². The van der Waals surface area contributed by atoms with E-state index >= 15 is 0 Å². The van der Waals surface area contributed by atoms with Crippen molar-refractivity contribution in [1.29, 1.82) is 0 Å². The van der Waals surface area contributed by atoms with E-state index in [0.29, 0.717) is 5.75 Å². The number of aromatic nitrogens is 2. The molecule has 0 aliphatic heterocycles. The van der Waals surface area contributed by atoms with E-state index in [2.05, 4.69) is 15.5 Å². The summed E-state index contributed by atoms with van der Waals surface area (Å²) in [4.78, 5) is 11.1. The molecule has 90 valence electrons. The van der Waals surface area contributed by atoms with Gasteiger partial charge in [0.1, 0.15) is 5.01 Å². The molecule has 1 unspecified atom stereocenters. The summed E-state index contributed by atoms with van der Waals surface area (Å²) in [6, 6.07) is -0.297. The first-order chi connectivity index (χ1) is 7.63. The van der Waals surface area contributed by atoms with Gasteiger partial charge in [0.15, 0.2) is 4.34 Å². The molecule has 1 rings (SSSR count). The van der Waals surface area contributed by atoms with Crippen LogP contribution >= 0.6 is 23.1 Å². The molecule has 1 amide bonds. The molecule has 0 bridgehead atoms. The highest BCUT2D eigenvalue weighted by Gasteiger charge is 2.15. The third-order valence-electron chi connectivity index (χ3n) is 1.87. The zero-order valence-electron chi connectivity index (χ0n) is 9.40. The minimum absolute atomic E-state index is 0.297. The first kappa shape index (κ1) is 13.4. The van der Waals surface area contributed by atoms with Crippen LogP contribution in [0.4, 0.5) is 0 Å². The van der Waals surface area contributed by atoms with E-state index in [1.807, 2.05) is 13.8 Å². The molecule has 1 atom stereocenters. The predicted octanol–water partition coefficient (Wildman–Crippen LogP) is 0.792. The number of nitrogens with two attached hydrogens (primary N) is 1. The monoisotopic (exact) mass is 260 g/mol. The number of rotatable bonds is 7. The average molecular weight is 260 g/mol. The van der Waals surface area contributed by atoms with E-state index in [-0.39, 0.29) is 11.9 Å². The van der Waals surface area contributed by atoms with Gasteiger partial charge in [-0.25, -0.2) is 0 Å². The van der Waals surface area contributed by atoms with Crippen molar-refractivity contribution < 1.29 is 4.79 Å². The van der Waals surface area contributed by atoms with Crippen molar-refractivity contribution >= 4 is 29.0 Å². The zero-order valence-corrected chi connectivity index (χ0v) is 11.0. The molecule has 1 aromatic rings. The lowest BCUT2D eigenvalue weighted by Crippen LogP contribution is -2.43. The van der Waals surface area contributed by atoms with E-state index < -0.39 is 0 Å². The van der Waals surface area contributed by atoms with Crippen molar-refractivity contribution in [1.82, 2.24) is 15.5 Å². The fourth-order valence-corrected chi connectivity index (χ4v) is 2.96. The Kier molecular flexibility index (Phi) is 5.72. The van der Waals surface area contributed by atoms with Crippen LogP contribution in [0.2, 0.25) is 0 Å². The van der Waals surface area contributed by atoms with E-state index in [0.717, 1.165) is 22.3 Å². The average Bonchev–Trinajstić information content (AvgIpc) is 2.64. The van der Waals surface area contributed by atoms with E-state index in [4.69, 9.17) is 5.73 Å². The second-order valence-corrected chi connectivity index (χ2v) is 5.76. The van der Waals surface area contributed by atoms with Crippen molar-refractivity contribution in [3.63, 3.8) is 0 Å². The first-order valence-electron chi connectivity index (χ1n) is 5.09. The lowest BCUT2D eigenvalue weighted by atomic mass is 10.3. The van der Waals surface area contributed by atoms with Crippen molar-refractivity contribution in [2.75, 3.05) is 12.3 Å². The molecule has 0 spiro atoms. The third kappa shape index (κ3) is 4.46. The number of hydrogen-bond donors (Lipinski definition) is 2. The number of amides is 1. The van der Waals surface area contributed by atoms with E-state index in [1.165, 1.54) is 23.1 Å². The van der Waals surface area contributed by atoms with Gasteiger partial charge in [-0.05, 0) is 19.9 Å². The van der Waals surface area contributed by atoms with E-state index in [1.54, 1.807) is 0 Å². The Morgan fingerprint density at radius 3 is 2.88 bits per heavy atom. The fraction of sp³-hybridized carbons (Fsp3) is 0.667. The summed E-state index contributed by atoms with van der Waals surface area (Å²) in [6.45, 7) is 4.75. The van der Waals surface area contributed by atoms with Crippen LogP contribution in [0.15, 0.2) is 4.34 Å². The lowest BCUT2D eigenvalue weighted by Gasteiger charge is -2.13. The second-order valence-electron chi connectivity index (χ2n) is 3.31. The second kappa shape index (κ2) is 6.82. The van der Waals surface area contributed by atoms with Crippen LogP contribution in [0, 0.1) is 6.92 Å². The molecule has 1 aromatic heterocycles. The molecule has 1 heterocycles. The van der Waals surface area contributed by atoms with Crippen LogP contribution in [0.5, 0.6) is 0 Å². The van der Waals surface area contributed by atoms with Crippen molar-refractivity contribution in [2.24, 2.45) is 5.73 Å². The van der Waals surface area contributed by atoms with Gasteiger partial charge < -0.3 is 11.1 Å². The molecular formula is C9H16N4OS2. The van der Waals surface area contributed by atoms with E-state index in [9.17, 15) is 4.79 Å². The summed E-state index contributed by atoms with van der Waals surface area (Å²) in [7, 11) is 0. The normalized spacial score (nSPS) is 12.6. The summed E-state index contributed by atoms with van der Waals surface area (Å²) in [5.74, 6) is 0.284. The van der Waals surface area contributed by atoms with Gasteiger partial charge in [0.2, 0.25) is 5.91 Å². The molecule has 0 saturated heterocycles. The Labute approximate surface area is 103 Å². The Balaban J connectivity index is 2.40. The van der Waals surface area contributed by atoms with Crippen molar-refractivity contribution in [3.05, 3.63) is 5.01 Å². The quantitative estimate of drug-likeness (QED) is 0.709. The maximum Gasteiger partial charge on any atom is 0.235 e. The number of aryl methyl sites for hydroxylation is 1. The summed E-state index contributed by atoms with van der Waals surface area (Å²) in [6.07, 6.45) is 0.979. The van der Waals surface area contributed by atoms with Crippen LogP contribution in [0.3, 0.4) is 0 Å². The summed E-state index contributed by atoms with van der Waals surface area (Å²) in [5.41, 5.74) is 5.30. The van der Waals surface area contributed by atoms with Gasteiger partial charge in [0.25, 0.3) is 0 Å². The minimum Gasteiger partial charge on any atom is -0.368 e. The number of primary amides is 1. The van der Waals surface area contributed by atoms with Crippen LogP contribution in [-0.4, -0.2) is 34.4 Å². The Hall–Kier alpha value is -0.660. The van der Waals surface area contributed by atoms with Crippen LogP contribution < -0.4 is 11.1 Å². The standard InChI is InChI=1S/C9H16N4OS2/c1-3-4-11-7(8(10)14)5-15-9-13-12-6(2)16-9/h7,11H,3-5H2,1-2H3,(H2,10,14). The highest BCUT2D eigenvalue weighted by molar-refractivity contribution is 8.01. The third-order valence-corrected chi connectivity index (χ3v) is 3.93. The first-order valence-corrected chi connectivity index (χ1v) is 6.89. The largest absolute Gasteiger partial charge is 0.368 e. The van der Waals surface area contributed by atoms with Gasteiger partial charge in [0.05, 0.1) is 6.04 Å². The summed E-state index contributed by atoms with van der Waals surface area (Å²) in [5, 5.41) is 11.9.